The molecule has 0 radical (unpaired) electrons. The van der Waals surface area contributed by atoms with Crippen molar-refractivity contribution in [3.05, 3.63) is 71.0 Å². The van der Waals surface area contributed by atoms with Crippen LogP contribution in [0.2, 0.25) is 0 Å². The number of aromatic nitrogens is 2. The molecule has 1 unspecified atom stereocenters. The largest absolute Gasteiger partial charge is 0.385 e. The van der Waals surface area contributed by atoms with E-state index in [4.69, 9.17) is 5.10 Å². The molecule has 10 heteroatoms. The molecule has 10 nitrogen and oxygen atoms in total. The zero-order valence-corrected chi connectivity index (χ0v) is 25.3. The fourth-order valence-electron chi connectivity index (χ4n) is 7.62. The molecule has 2 saturated carbocycles. The number of carbonyl (C=O) groups is 4. The van der Waals surface area contributed by atoms with E-state index >= 15 is 0 Å². The number of imide groups is 2. The van der Waals surface area contributed by atoms with E-state index in [-0.39, 0.29) is 18.7 Å². The van der Waals surface area contributed by atoms with Crippen molar-refractivity contribution in [3.63, 3.8) is 0 Å². The standard InChI is InChI=1S/C35H38N6O4/c42-31-10-9-30(33(43)38-31)41-34(44)27-8-7-23(17-28(27)35(41)45)37-18-20-15-24(16-20)40-19-29(32(39-40)22-5-6-22)26-4-2-1-3-25(26)21-11-13-36-14-12-21/h1-4,7-8,17,19-22,24,30,36-37H,5-6,9-16,18H2,(H,38,42,43). The van der Waals surface area contributed by atoms with Gasteiger partial charge in [-0.25, -0.2) is 0 Å². The lowest BCUT2D eigenvalue weighted by Crippen LogP contribution is -2.54. The van der Waals surface area contributed by atoms with Crippen molar-refractivity contribution in [3.8, 4) is 11.1 Å². The fourth-order valence-corrected chi connectivity index (χ4v) is 7.62. The van der Waals surface area contributed by atoms with Gasteiger partial charge in [-0.1, -0.05) is 24.3 Å². The molecule has 8 rings (SSSR count). The van der Waals surface area contributed by atoms with Gasteiger partial charge in [0.15, 0.2) is 0 Å². The van der Waals surface area contributed by atoms with Gasteiger partial charge in [-0.3, -0.25) is 34.1 Å². The van der Waals surface area contributed by atoms with E-state index in [1.807, 2.05) is 6.07 Å². The number of carbonyl (C=O) groups excluding carboxylic acids is 4. The Morgan fingerprint density at radius 3 is 2.38 bits per heavy atom. The van der Waals surface area contributed by atoms with Crippen LogP contribution in [-0.2, 0) is 9.59 Å². The summed E-state index contributed by atoms with van der Waals surface area (Å²) in [6.45, 7) is 2.91. The van der Waals surface area contributed by atoms with Crippen LogP contribution < -0.4 is 16.0 Å². The average molecular weight is 607 g/mol. The highest BCUT2D eigenvalue weighted by molar-refractivity contribution is 6.23. The predicted molar refractivity (Wildman–Crippen MR) is 168 cm³/mol. The third-order valence-electron chi connectivity index (χ3n) is 10.4. The summed E-state index contributed by atoms with van der Waals surface area (Å²) >= 11 is 0. The van der Waals surface area contributed by atoms with Crippen molar-refractivity contribution < 1.29 is 19.2 Å². The Morgan fingerprint density at radius 2 is 1.60 bits per heavy atom. The Balaban J connectivity index is 0.924. The topological polar surface area (TPSA) is 125 Å². The lowest BCUT2D eigenvalue weighted by molar-refractivity contribution is -0.136. The summed E-state index contributed by atoms with van der Waals surface area (Å²) in [6.07, 6.45) is 9.40. The van der Waals surface area contributed by atoms with Gasteiger partial charge in [-0.2, -0.15) is 5.10 Å². The maximum atomic E-state index is 13.2. The first kappa shape index (κ1) is 28.2. The van der Waals surface area contributed by atoms with Crippen LogP contribution in [0.15, 0.2) is 48.7 Å². The molecule has 3 N–H and O–H groups in total. The highest BCUT2D eigenvalue weighted by atomic mass is 16.2. The third kappa shape index (κ3) is 5.14. The first-order chi connectivity index (χ1) is 21.9. The number of nitrogens with zero attached hydrogens (tertiary/aromatic N) is 3. The molecule has 4 fully saturated rings. The van der Waals surface area contributed by atoms with Crippen molar-refractivity contribution in [2.24, 2.45) is 5.92 Å². The molecule has 2 aromatic carbocycles. The number of fused-ring (bicyclic) bond motifs is 1. The van der Waals surface area contributed by atoms with Crippen molar-refractivity contribution in [1.82, 2.24) is 25.3 Å². The Kier molecular flexibility index (Phi) is 7.04. The molecule has 1 atom stereocenters. The smallest absolute Gasteiger partial charge is 0.262 e. The summed E-state index contributed by atoms with van der Waals surface area (Å²) in [5, 5.41) is 14.4. The summed E-state index contributed by atoms with van der Waals surface area (Å²) in [5.74, 6) is -0.324. The molecule has 1 aromatic heterocycles. The van der Waals surface area contributed by atoms with Crippen LogP contribution in [0.5, 0.6) is 0 Å². The maximum Gasteiger partial charge on any atom is 0.262 e. The lowest BCUT2D eigenvalue weighted by atomic mass is 9.80. The van der Waals surface area contributed by atoms with Crippen LogP contribution >= 0.6 is 0 Å². The molecule has 0 bridgehead atoms. The minimum Gasteiger partial charge on any atom is -0.385 e. The van der Waals surface area contributed by atoms with E-state index < -0.39 is 23.8 Å². The van der Waals surface area contributed by atoms with Crippen LogP contribution in [0.25, 0.3) is 11.1 Å². The number of rotatable bonds is 8. The molecule has 3 aliphatic heterocycles. The minimum atomic E-state index is -0.959. The second kappa shape index (κ2) is 11.2. The Hall–Kier alpha value is -4.31. The van der Waals surface area contributed by atoms with Crippen molar-refractivity contribution in [2.45, 2.75) is 75.3 Å². The number of nitrogens with one attached hydrogen (secondary N) is 3. The van der Waals surface area contributed by atoms with E-state index in [1.165, 1.54) is 48.1 Å². The second-order valence-corrected chi connectivity index (χ2v) is 13.4. The van der Waals surface area contributed by atoms with Crippen LogP contribution in [0.1, 0.15) is 101 Å². The van der Waals surface area contributed by atoms with Gasteiger partial charge in [0.1, 0.15) is 6.04 Å². The van der Waals surface area contributed by atoms with Gasteiger partial charge in [-0.05, 0) is 99.2 Å². The molecule has 5 aliphatic rings. The third-order valence-corrected chi connectivity index (χ3v) is 10.4. The molecule has 4 heterocycles. The van der Waals surface area contributed by atoms with Gasteiger partial charge >= 0.3 is 0 Å². The SMILES string of the molecule is O=C1CCC(N2C(=O)c3ccc(NCC4CC(n5cc(-c6ccccc6C6CCNCC6)c(C6CC6)n5)C4)cc3C2=O)C(=O)N1. The molecular weight excluding hydrogens is 568 g/mol. The highest BCUT2D eigenvalue weighted by Gasteiger charge is 2.44. The monoisotopic (exact) mass is 606 g/mol. The summed E-state index contributed by atoms with van der Waals surface area (Å²) in [5.41, 5.74) is 6.76. The van der Waals surface area contributed by atoms with E-state index in [1.54, 1.807) is 12.1 Å². The number of anilines is 1. The molecule has 2 saturated heterocycles. The van der Waals surface area contributed by atoms with Gasteiger partial charge < -0.3 is 10.6 Å². The zero-order chi connectivity index (χ0) is 30.7. The van der Waals surface area contributed by atoms with E-state index in [0.717, 1.165) is 43.1 Å². The number of hydrogen-bond acceptors (Lipinski definition) is 7. The second-order valence-electron chi connectivity index (χ2n) is 13.4. The van der Waals surface area contributed by atoms with Gasteiger partial charge in [0, 0.05) is 36.3 Å². The first-order valence-corrected chi connectivity index (χ1v) is 16.4. The average Bonchev–Trinajstić information content (AvgIpc) is 3.74. The minimum absolute atomic E-state index is 0.104. The van der Waals surface area contributed by atoms with Gasteiger partial charge in [0.2, 0.25) is 11.8 Å². The van der Waals surface area contributed by atoms with Crippen molar-refractivity contribution >= 4 is 29.3 Å². The molecule has 4 amide bonds. The first-order valence-electron chi connectivity index (χ1n) is 16.4. The summed E-state index contributed by atoms with van der Waals surface area (Å²) < 4.78 is 2.22. The maximum absolute atomic E-state index is 13.2. The molecule has 0 spiro atoms. The molecule has 45 heavy (non-hydrogen) atoms. The van der Waals surface area contributed by atoms with Crippen molar-refractivity contribution in [1.29, 1.82) is 0 Å². The van der Waals surface area contributed by atoms with E-state index in [0.29, 0.717) is 34.9 Å². The number of benzene rings is 2. The number of amides is 4. The highest BCUT2D eigenvalue weighted by Crippen LogP contribution is 2.47. The quantitative estimate of drug-likeness (QED) is 0.326. The van der Waals surface area contributed by atoms with Crippen LogP contribution in [-0.4, -0.2) is 64.0 Å². The summed E-state index contributed by atoms with van der Waals surface area (Å²) in [7, 11) is 0. The molecule has 3 aromatic rings. The van der Waals surface area contributed by atoms with Crippen LogP contribution in [0.3, 0.4) is 0 Å². The van der Waals surface area contributed by atoms with Gasteiger partial charge in [-0.15, -0.1) is 0 Å². The lowest BCUT2D eigenvalue weighted by Gasteiger charge is -2.35. The summed E-state index contributed by atoms with van der Waals surface area (Å²) in [4.78, 5) is 51.1. The number of hydrogen-bond donors (Lipinski definition) is 3. The molecular formula is C35H38N6O4. The van der Waals surface area contributed by atoms with Gasteiger partial charge in [0.25, 0.3) is 11.8 Å². The number of piperidine rings is 2. The summed E-state index contributed by atoms with van der Waals surface area (Å²) in [6, 6.07) is 13.5. The Labute approximate surface area is 261 Å². The van der Waals surface area contributed by atoms with E-state index in [2.05, 4.69) is 51.1 Å². The zero-order valence-electron chi connectivity index (χ0n) is 25.3. The Bertz CT molecular complexity index is 1700. The predicted octanol–water partition coefficient (Wildman–Crippen LogP) is 4.36. The fraction of sp³-hybridized carbons (Fsp3) is 0.457. The molecule has 2 aliphatic carbocycles. The van der Waals surface area contributed by atoms with E-state index in [9.17, 15) is 19.2 Å². The Morgan fingerprint density at radius 1 is 0.822 bits per heavy atom. The van der Waals surface area contributed by atoms with Crippen molar-refractivity contribution in [2.75, 3.05) is 25.0 Å². The molecule has 232 valence electrons. The van der Waals surface area contributed by atoms with Crippen LogP contribution in [0.4, 0.5) is 5.69 Å². The van der Waals surface area contributed by atoms with Crippen LogP contribution in [0, 0.1) is 5.92 Å². The normalized spacial score (nSPS) is 25.2. The van der Waals surface area contributed by atoms with Gasteiger partial charge in [0.05, 0.1) is 22.9 Å².